The van der Waals surface area contributed by atoms with E-state index < -0.39 is 10.0 Å². The minimum absolute atomic E-state index is 0.0481. The molecule has 0 spiro atoms. The predicted molar refractivity (Wildman–Crippen MR) is 99.8 cm³/mol. The number of benzene rings is 2. The lowest BCUT2D eigenvalue weighted by Crippen LogP contribution is -2.17. The van der Waals surface area contributed by atoms with Gasteiger partial charge in [0.05, 0.1) is 10.6 Å². The van der Waals surface area contributed by atoms with Crippen molar-refractivity contribution >= 4 is 15.8 Å². The lowest BCUT2D eigenvalue weighted by atomic mass is 9.87. The lowest BCUT2D eigenvalue weighted by Gasteiger charge is -2.19. The molecule has 25 heavy (non-hydrogen) atoms. The molecule has 0 radical (unpaired) electrons. The van der Waals surface area contributed by atoms with Gasteiger partial charge in [-0.2, -0.15) is 13.5 Å². The summed E-state index contributed by atoms with van der Waals surface area (Å²) in [6.07, 6.45) is 0. The Morgan fingerprint density at radius 2 is 1.56 bits per heavy atom. The van der Waals surface area contributed by atoms with Gasteiger partial charge in [0.25, 0.3) is 10.0 Å². The summed E-state index contributed by atoms with van der Waals surface area (Å²) in [6, 6.07) is 17.7. The molecule has 1 aromatic heterocycles. The summed E-state index contributed by atoms with van der Waals surface area (Å²) in [5.74, 6) is 0.0822. The molecule has 2 N–H and O–H groups in total. The van der Waals surface area contributed by atoms with Crippen molar-refractivity contribution in [2.45, 2.75) is 31.1 Å². The predicted octanol–water partition coefficient (Wildman–Crippen LogP) is 3.67. The minimum Gasteiger partial charge on any atom is -0.383 e. The maximum atomic E-state index is 12.9. The molecule has 5 nitrogen and oxygen atoms in total. The summed E-state index contributed by atoms with van der Waals surface area (Å²) in [5.41, 5.74) is 8.27. The van der Waals surface area contributed by atoms with Crippen LogP contribution in [0.15, 0.2) is 65.6 Å². The summed E-state index contributed by atoms with van der Waals surface area (Å²) in [5, 5.41) is 4.20. The van der Waals surface area contributed by atoms with Crippen LogP contribution in [0.3, 0.4) is 0 Å². The second kappa shape index (κ2) is 6.04. The number of nitrogens with two attached hydrogens (primary N) is 1. The van der Waals surface area contributed by atoms with Crippen molar-refractivity contribution in [1.29, 1.82) is 0 Å². The zero-order valence-electron chi connectivity index (χ0n) is 14.5. The molecule has 6 heteroatoms. The number of aromatic nitrogens is 2. The largest absolute Gasteiger partial charge is 0.383 e. The molecule has 0 saturated carbocycles. The molecule has 0 saturated heterocycles. The highest BCUT2D eigenvalue weighted by atomic mass is 32.2. The topological polar surface area (TPSA) is 78.0 Å². The van der Waals surface area contributed by atoms with Crippen molar-refractivity contribution in [3.05, 3.63) is 66.2 Å². The number of anilines is 1. The molecule has 130 valence electrons. The second-order valence-electron chi connectivity index (χ2n) is 6.94. The van der Waals surface area contributed by atoms with E-state index in [0.717, 1.165) is 15.2 Å². The van der Waals surface area contributed by atoms with Crippen molar-refractivity contribution in [3.63, 3.8) is 0 Å². The Morgan fingerprint density at radius 3 is 2.12 bits per heavy atom. The number of nitrogens with zero attached hydrogens (tertiary/aromatic N) is 2. The van der Waals surface area contributed by atoms with Crippen LogP contribution >= 0.6 is 0 Å². The van der Waals surface area contributed by atoms with Gasteiger partial charge in [0, 0.05) is 11.6 Å². The second-order valence-corrected chi connectivity index (χ2v) is 8.71. The van der Waals surface area contributed by atoms with Crippen LogP contribution in [-0.2, 0) is 15.4 Å². The van der Waals surface area contributed by atoms with Gasteiger partial charge < -0.3 is 5.73 Å². The van der Waals surface area contributed by atoms with Crippen LogP contribution in [0.25, 0.3) is 11.3 Å². The van der Waals surface area contributed by atoms with Gasteiger partial charge >= 0.3 is 0 Å². The maximum absolute atomic E-state index is 12.9. The van der Waals surface area contributed by atoms with Gasteiger partial charge in [-0.25, -0.2) is 0 Å². The molecular weight excluding hydrogens is 334 g/mol. The van der Waals surface area contributed by atoms with Crippen LogP contribution in [0, 0.1) is 0 Å². The number of rotatable bonds is 3. The highest BCUT2D eigenvalue weighted by Crippen LogP contribution is 2.26. The summed E-state index contributed by atoms with van der Waals surface area (Å²) >= 11 is 0. The highest BCUT2D eigenvalue weighted by Gasteiger charge is 2.23. The molecule has 0 fully saturated rings. The molecule has 3 rings (SSSR count). The lowest BCUT2D eigenvalue weighted by molar-refractivity contribution is 0.578. The first-order valence-electron chi connectivity index (χ1n) is 7.97. The first kappa shape index (κ1) is 17.2. The van der Waals surface area contributed by atoms with E-state index in [1.807, 2.05) is 42.5 Å². The molecule has 0 unspecified atom stereocenters. The zero-order valence-corrected chi connectivity index (χ0v) is 15.3. The van der Waals surface area contributed by atoms with Crippen LogP contribution in [0.1, 0.15) is 26.3 Å². The van der Waals surface area contributed by atoms with Gasteiger partial charge in [0.1, 0.15) is 5.82 Å². The van der Waals surface area contributed by atoms with Crippen molar-refractivity contribution in [1.82, 2.24) is 9.19 Å². The van der Waals surface area contributed by atoms with E-state index in [1.165, 1.54) is 0 Å². The third-order valence-corrected chi connectivity index (χ3v) is 5.64. The van der Waals surface area contributed by atoms with E-state index in [0.29, 0.717) is 5.69 Å². The van der Waals surface area contributed by atoms with E-state index in [4.69, 9.17) is 5.73 Å². The summed E-state index contributed by atoms with van der Waals surface area (Å²) in [6.45, 7) is 6.23. The third-order valence-electron chi connectivity index (χ3n) is 4.02. The monoisotopic (exact) mass is 355 g/mol. The number of hydrogen-bond acceptors (Lipinski definition) is 4. The quantitative estimate of drug-likeness (QED) is 0.777. The van der Waals surface area contributed by atoms with E-state index >= 15 is 0 Å². The Bertz CT molecular complexity index is 983. The van der Waals surface area contributed by atoms with Gasteiger partial charge in [0.2, 0.25) is 0 Å². The van der Waals surface area contributed by atoms with Gasteiger partial charge in [-0.15, -0.1) is 4.09 Å². The molecule has 0 bridgehead atoms. The van der Waals surface area contributed by atoms with Gasteiger partial charge in [-0.3, -0.25) is 0 Å². The molecule has 2 aromatic carbocycles. The third kappa shape index (κ3) is 3.30. The van der Waals surface area contributed by atoms with Crippen molar-refractivity contribution in [3.8, 4) is 11.3 Å². The first-order chi connectivity index (χ1) is 11.7. The SMILES string of the molecule is CC(C)(C)c1ccc(S(=O)(=O)n2nc(-c3ccccc3)cc2N)cc1. The van der Waals surface area contributed by atoms with Gasteiger partial charge in [0.15, 0.2) is 0 Å². The number of nitrogen functional groups attached to an aromatic ring is 1. The summed E-state index contributed by atoms with van der Waals surface area (Å²) < 4.78 is 26.7. The van der Waals surface area contributed by atoms with Crippen LogP contribution in [0.4, 0.5) is 5.82 Å². The van der Waals surface area contributed by atoms with Crippen LogP contribution < -0.4 is 5.73 Å². The molecule has 0 aliphatic rings. The molecule has 0 aliphatic carbocycles. The van der Waals surface area contributed by atoms with E-state index in [1.54, 1.807) is 18.2 Å². The smallest absolute Gasteiger partial charge is 0.284 e. The standard InChI is InChI=1S/C19H21N3O2S/c1-19(2,3)15-9-11-16(12-10-15)25(23,24)22-18(20)13-17(21-22)14-7-5-4-6-8-14/h4-13H,20H2,1-3H3. The van der Waals surface area contributed by atoms with Crippen LogP contribution in [0.2, 0.25) is 0 Å². The molecule has 0 aliphatic heterocycles. The maximum Gasteiger partial charge on any atom is 0.284 e. The Kier molecular flexibility index (Phi) is 4.16. The number of hydrogen-bond donors (Lipinski definition) is 1. The normalized spacial score (nSPS) is 12.3. The molecule has 1 heterocycles. The van der Waals surface area contributed by atoms with Crippen LogP contribution in [-0.4, -0.2) is 17.6 Å². The minimum atomic E-state index is -3.84. The fourth-order valence-corrected chi connectivity index (χ4v) is 3.75. The van der Waals surface area contributed by atoms with Crippen molar-refractivity contribution < 1.29 is 8.42 Å². The molecular formula is C19H21N3O2S. The molecule has 0 atom stereocenters. The van der Waals surface area contributed by atoms with Crippen LogP contribution in [0.5, 0.6) is 0 Å². The van der Waals surface area contributed by atoms with Crippen molar-refractivity contribution in [2.75, 3.05) is 5.73 Å². The fourth-order valence-electron chi connectivity index (χ4n) is 2.55. The Morgan fingerprint density at radius 1 is 0.960 bits per heavy atom. The van der Waals surface area contributed by atoms with Gasteiger partial charge in [-0.1, -0.05) is 63.2 Å². The average Bonchev–Trinajstić information content (AvgIpc) is 2.98. The Balaban J connectivity index is 2.02. The Labute approximate surface area is 148 Å². The zero-order chi connectivity index (χ0) is 18.2. The summed E-state index contributed by atoms with van der Waals surface area (Å²) in [7, 11) is -3.84. The Hall–Kier alpha value is -2.60. The van der Waals surface area contributed by atoms with E-state index in [2.05, 4.69) is 25.9 Å². The fraction of sp³-hybridized carbons (Fsp3) is 0.211. The summed E-state index contributed by atoms with van der Waals surface area (Å²) in [4.78, 5) is 0.162. The highest BCUT2D eigenvalue weighted by molar-refractivity contribution is 7.90. The molecule has 0 amide bonds. The van der Waals surface area contributed by atoms with Gasteiger partial charge in [-0.05, 0) is 23.1 Å². The van der Waals surface area contributed by atoms with E-state index in [-0.39, 0.29) is 16.1 Å². The van der Waals surface area contributed by atoms with E-state index in [9.17, 15) is 8.42 Å². The first-order valence-corrected chi connectivity index (χ1v) is 9.41. The van der Waals surface area contributed by atoms with Crippen molar-refractivity contribution in [2.24, 2.45) is 0 Å². The average molecular weight is 355 g/mol. The molecule has 3 aromatic rings.